The van der Waals surface area contributed by atoms with E-state index in [0.717, 1.165) is 5.75 Å². The molecule has 0 heterocycles. The van der Waals surface area contributed by atoms with E-state index in [1.54, 1.807) is 6.92 Å². The number of ketones is 1. The fourth-order valence-electron chi connectivity index (χ4n) is 2.21. The van der Waals surface area contributed by atoms with Gasteiger partial charge >= 0.3 is 0 Å². The van der Waals surface area contributed by atoms with Crippen LogP contribution in [-0.4, -0.2) is 11.9 Å². The Kier molecular flexibility index (Phi) is 5.25. The van der Waals surface area contributed by atoms with E-state index < -0.39 is 0 Å². The minimum atomic E-state index is -0.0921. The first-order chi connectivity index (χ1) is 9.39. The summed E-state index contributed by atoms with van der Waals surface area (Å²) < 4.78 is 5.98. The van der Waals surface area contributed by atoms with Crippen molar-refractivity contribution in [2.45, 2.75) is 78.7 Å². The van der Waals surface area contributed by atoms with Crippen molar-refractivity contribution in [1.29, 1.82) is 0 Å². The van der Waals surface area contributed by atoms with E-state index in [9.17, 15) is 4.79 Å². The van der Waals surface area contributed by atoms with Gasteiger partial charge in [0.2, 0.25) is 0 Å². The minimum Gasteiger partial charge on any atom is -0.490 e. The maximum Gasteiger partial charge on any atom is 0.133 e. The van der Waals surface area contributed by atoms with Crippen LogP contribution in [0.2, 0.25) is 0 Å². The van der Waals surface area contributed by atoms with Crippen LogP contribution in [0.15, 0.2) is 18.2 Å². The molecule has 0 radical (unpaired) electrons. The summed E-state index contributed by atoms with van der Waals surface area (Å²) in [6.07, 6.45) is 0.357. The number of rotatable bonds is 4. The predicted octanol–water partition coefficient (Wildman–Crippen LogP) is 5.03. The molecule has 0 aliphatic rings. The molecule has 0 bridgehead atoms. The molecule has 1 rings (SSSR count). The van der Waals surface area contributed by atoms with Crippen molar-refractivity contribution in [3.8, 4) is 5.75 Å². The van der Waals surface area contributed by atoms with Crippen LogP contribution in [0.4, 0.5) is 0 Å². The third-order valence-corrected chi connectivity index (χ3v) is 3.55. The normalized spacial score (nSPS) is 13.9. The van der Waals surface area contributed by atoms with Crippen molar-refractivity contribution < 1.29 is 9.53 Å². The quantitative estimate of drug-likeness (QED) is 0.777. The lowest BCUT2D eigenvalue weighted by Crippen LogP contribution is -2.19. The highest BCUT2D eigenvalue weighted by Gasteiger charge is 2.21. The highest BCUT2D eigenvalue weighted by Crippen LogP contribution is 2.33. The number of benzene rings is 1. The van der Waals surface area contributed by atoms with Gasteiger partial charge in [-0.3, -0.25) is 4.79 Å². The van der Waals surface area contributed by atoms with Gasteiger partial charge in [-0.15, -0.1) is 0 Å². The lowest BCUT2D eigenvalue weighted by molar-refractivity contribution is -0.118. The molecule has 0 saturated heterocycles. The molecule has 0 aliphatic heterocycles. The van der Waals surface area contributed by atoms with Gasteiger partial charge in [0, 0.05) is 6.42 Å². The molecule has 2 nitrogen and oxygen atoms in total. The van der Waals surface area contributed by atoms with Crippen molar-refractivity contribution in [3.05, 3.63) is 29.3 Å². The van der Waals surface area contributed by atoms with Crippen molar-refractivity contribution in [1.82, 2.24) is 0 Å². The Bertz CT molecular complexity index is 469. The van der Waals surface area contributed by atoms with Crippen LogP contribution < -0.4 is 4.74 Å². The second kappa shape index (κ2) is 6.21. The zero-order chi connectivity index (χ0) is 16.4. The molecule has 1 atom stereocenters. The van der Waals surface area contributed by atoms with Gasteiger partial charge in [-0.1, -0.05) is 47.6 Å². The number of carbonyl (C=O) groups excluding carboxylic acids is 1. The number of hydrogen-bond donors (Lipinski definition) is 0. The van der Waals surface area contributed by atoms with Gasteiger partial charge in [0.05, 0.1) is 0 Å². The van der Waals surface area contributed by atoms with Crippen LogP contribution in [0, 0.1) is 0 Å². The molecule has 21 heavy (non-hydrogen) atoms. The van der Waals surface area contributed by atoms with Gasteiger partial charge in [-0.25, -0.2) is 0 Å². The second-order valence-electron chi connectivity index (χ2n) is 8.08. The summed E-state index contributed by atoms with van der Waals surface area (Å²) in [5.74, 6) is 1.02. The summed E-state index contributed by atoms with van der Waals surface area (Å²) >= 11 is 0. The molecule has 0 fully saturated rings. The molecule has 2 heteroatoms. The maximum absolute atomic E-state index is 11.2. The predicted molar refractivity (Wildman–Crippen MR) is 89.2 cm³/mol. The molecule has 0 spiro atoms. The number of hydrogen-bond acceptors (Lipinski definition) is 2. The molecule has 1 aromatic rings. The second-order valence-corrected chi connectivity index (χ2v) is 8.08. The average molecular weight is 290 g/mol. The summed E-state index contributed by atoms with van der Waals surface area (Å²) in [4.78, 5) is 11.2. The molecule has 0 saturated carbocycles. The molecule has 0 amide bonds. The first-order valence-corrected chi connectivity index (χ1v) is 7.72. The Balaban J connectivity index is 3.17. The fourth-order valence-corrected chi connectivity index (χ4v) is 2.21. The summed E-state index contributed by atoms with van der Waals surface area (Å²) in [7, 11) is 0. The smallest absolute Gasteiger partial charge is 0.133 e. The zero-order valence-electron chi connectivity index (χ0n) is 14.8. The Morgan fingerprint density at radius 2 is 1.43 bits per heavy atom. The molecule has 1 unspecified atom stereocenters. The summed E-state index contributed by atoms with van der Waals surface area (Å²) in [6.45, 7) is 16.8. The van der Waals surface area contributed by atoms with Crippen LogP contribution >= 0.6 is 0 Å². The van der Waals surface area contributed by atoms with E-state index in [4.69, 9.17) is 4.74 Å². The molecule has 0 aromatic heterocycles. The standard InChI is InChI=1S/C19H30O2/c1-13(20)9-14(2)21-17-11-15(18(3,4)5)10-16(12-17)19(6,7)8/h10-12,14H,9H2,1-8H3. The summed E-state index contributed by atoms with van der Waals surface area (Å²) in [6, 6.07) is 6.47. The highest BCUT2D eigenvalue weighted by atomic mass is 16.5. The molecular weight excluding hydrogens is 260 g/mol. The van der Waals surface area contributed by atoms with E-state index in [2.05, 4.69) is 59.7 Å². The lowest BCUT2D eigenvalue weighted by atomic mass is 9.80. The van der Waals surface area contributed by atoms with E-state index in [-0.39, 0.29) is 22.7 Å². The molecule has 0 aliphatic carbocycles. The first kappa shape index (κ1) is 17.7. The first-order valence-electron chi connectivity index (χ1n) is 7.72. The Morgan fingerprint density at radius 1 is 1.00 bits per heavy atom. The van der Waals surface area contributed by atoms with Gasteiger partial charge in [0.25, 0.3) is 0 Å². The maximum atomic E-state index is 11.2. The Labute approximate surface area is 129 Å². The van der Waals surface area contributed by atoms with Gasteiger partial charge in [-0.05, 0) is 47.9 Å². The van der Waals surface area contributed by atoms with E-state index >= 15 is 0 Å². The average Bonchev–Trinajstić information content (AvgIpc) is 2.24. The van der Waals surface area contributed by atoms with E-state index in [0.29, 0.717) is 6.42 Å². The van der Waals surface area contributed by atoms with Crippen molar-refractivity contribution in [2.75, 3.05) is 0 Å². The number of Topliss-reactive ketones (excluding diaryl/α,β-unsaturated/α-hetero) is 1. The van der Waals surface area contributed by atoms with Crippen LogP contribution in [0.25, 0.3) is 0 Å². The number of ether oxygens (including phenoxy) is 1. The van der Waals surface area contributed by atoms with Crippen molar-refractivity contribution in [3.63, 3.8) is 0 Å². The van der Waals surface area contributed by atoms with Crippen LogP contribution in [0.5, 0.6) is 5.75 Å². The largest absolute Gasteiger partial charge is 0.490 e. The molecule has 118 valence electrons. The fraction of sp³-hybridized carbons (Fsp3) is 0.632. The van der Waals surface area contributed by atoms with Gasteiger partial charge in [-0.2, -0.15) is 0 Å². The topological polar surface area (TPSA) is 26.3 Å². The summed E-state index contributed by atoms with van der Waals surface area (Å²) in [5.41, 5.74) is 2.67. The van der Waals surface area contributed by atoms with E-state index in [1.807, 2.05) is 6.92 Å². The van der Waals surface area contributed by atoms with Crippen LogP contribution in [0.1, 0.15) is 72.9 Å². The summed E-state index contributed by atoms with van der Waals surface area (Å²) in [5, 5.41) is 0. The van der Waals surface area contributed by atoms with Crippen molar-refractivity contribution in [2.24, 2.45) is 0 Å². The minimum absolute atomic E-state index is 0.0726. The van der Waals surface area contributed by atoms with Crippen LogP contribution in [-0.2, 0) is 15.6 Å². The van der Waals surface area contributed by atoms with Crippen molar-refractivity contribution >= 4 is 5.78 Å². The van der Waals surface area contributed by atoms with Crippen LogP contribution in [0.3, 0.4) is 0 Å². The van der Waals surface area contributed by atoms with Gasteiger partial charge in [0.15, 0.2) is 0 Å². The third kappa shape index (κ3) is 5.53. The molecule has 0 N–H and O–H groups in total. The Hall–Kier alpha value is -1.31. The highest BCUT2D eigenvalue weighted by molar-refractivity contribution is 5.75. The monoisotopic (exact) mass is 290 g/mol. The number of carbonyl (C=O) groups is 1. The molecular formula is C19H30O2. The SMILES string of the molecule is CC(=O)CC(C)Oc1cc(C(C)(C)C)cc(C(C)(C)C)c1. The van der Waals surface area contributed by atoms with Gasteiger partial charge in [0.1, 0.15) is 17.6 Å². The van der Waals surface area contributed by atoms with E-state index in [1.165, 1.54) is 11.1 Å². The third-order valence-electron chi connectivity index (χ3n) is 3.55. The molecule has 1 aromatic carbocycles. The zero-order valence-corrected chi connectivity index (χ0v) is 14.8. The van der Waals surface area contributed by atoms with Gasteiger partial charge < -0.3 is 4.74 Å². The lowest BCUT2D eigenvalue weighted by Gasteiger charge is -2.27. The Morgan fingerprint density at radius 3 is 1.76 bits per heavy atom.